The number of thiazole rings is 1. The van der Waals surface area contributed by atoms with Gasteiger partial charge in [-0.15, -0.1) is 11.3 Å². The predicted octanol–water partition coefficient (Wildman–Crippen LogP) is 1.87. The van der Waals surface area contributed by atoms with E-state index in [1.165, 1.54) is 11.3 Å². The molecule has 3 nitrogen and oxygen atoms in total. The Bertz CT molecular complexity index is 291. The standard InChI is InChI=1S/C8H10ClNO2S/c9-6-3-10-8(13-6)7-5(4-11)1-2-12-7/h3,5,7,11H,1-2,4H2. The first-order chi connectivity index (χ1) is 6.31. The molecule has 0 bridgehead atoms. The van der Waals surface area contributed by atoms with Crippen LogP contribution in [0.4, 0.5) is 0 Å². The van der Waals surface area contributed by atoms with Gasteiger partial charge in [-0.3, -0.25) is 0 Å². The summed E-state index contributed by atoms with van der Waals surface area (Å²) in [5.41, 5.74) is 0. The molecule has 0 aliphatic carbocycles. The van der Waals surface area contributed by atoms with Crippen molar-refractivity contribution in [1.29, 1.82) is 0 Å². The highest BCUT2D eigenvalue weighted by molar-refractivity contribution is 7.15. The molecule has 2 unspecified atom stereocenters. The van der Waals surface area contributed by atoms with Gasteiger partial charge in [-0.05, 0) is 6.42 Å². The van der Waals surface area contributed by atoms with Crippen molar-refractivity contribution in [3.8, 4) is 0 Å². The van der Waals surface area contributed by atoms with Gasteiger partial charge in [-0.25, -0.2) is 4.98 Å². The molecule has 2 heterocycles. The Morgan fingerprint density at radius 2 is 2.62 bits per heavy atom. The second-order valence-corrected chi connectivity index (χ2v) is 4.72. The maximum Gasteiger partial charge on any atom is 0.123 e. The number of aromatic nitrogens is 1. The molecule has 72 valence electrons. The smallest absolute Gasteiger partial charge is 0.123 e. The lowest BCUT2D eigenvalue weighted by molar-refractivity contribution is 0.0718. The fraction of sp³-hybridized carbons (Fsp3) is 0.625. The number of aliphatic hydroxyl groups excluding tert-OH is 1. The number of rotatable bonds is 2. The predicted molar refractivity (Wildman–Crippen MR) is 51.0 cm³/mol. The topological polar surface area (TPSA) is 42.4 Å². The first-order valence-electron chi connectivity index (χ1n) is 4.15. The van der Waals surface area contributed by atoms with Crippen LogP contribution in [0.1, 0.15) is 17.5 Å². The first kappa shape index (κ1) is 9.40. The fourth-order valence-corrected chi connectivity index (χ4v) is 2.57. The zero-order valence-corrected chi connectivity index (χ0v) is 8.51. The summed E-state index contributed by atoms with van der Waals surface area (Å²) < 4.78 is 6.15. The van der Waals surface area contributed by atoms with Crippen molar-refractivity contribution in [3.63, 3.8) is 0 Å². The van der Waals surface area contributed by atoms with Crippen molar-refractivity contribution in [2.45, 2.75) is 12.5 Å². The van der Waals surface area contributed by atoms with Gasteiger partial charge in [0.05, 0.1) is 6.20 Å². The van der Waals surface area contributed by atoms with Crippen LogP contribution in [0.25, 0.3) is 0 Å². The second-order valence-electron chi connectivity index (χ2n) is 3.03. The number of ether oxygens (including phenoxy) is 1. The van der Waals surface area contributed by atoms with E-state index in [-0.39, 0.29) is 18.6 Å². The van der Waals surface area contributed by atoms with E-state index in [9.17, 15) is 0 Å². The average Bonchev–Trinajstić information content (AvgIpc) is 2.71. The van der Waals surface area contributed by atoms with Crippen molar-refractivity contribution in [1.82, 2.24) is 4.98 Å². The zero-order valence-electron chi connectivity index (χ0n) is 6.94. The fourth-order valence-electron chi connectivity index (χ4n) is 1.49. The summed E-state index contributed by atoms with van der Waals surface area (Å²) >= 11 is 7.19. The molecule has 5 heteroatoms. The average molecular weight is 220 g/mol. The Kier molecular flexibility index (Phi) is 2.83. The number of hydrogen-bond donors (Lipinski definition) is 1. The Balaban J connectivity index is 2.15. The van der Waals surface area contributed by atoms with Gasteiger partial charge in [0.25, 0.3) is 0 Å². The summed E-state index contributed by atoms with van der Waals surface area (Å²) in [6.07, 6.45) is 2.47. The molecule has 13 heavy (non-hydrogen) atoms. The minimum atomic E-state index is -0.0532. The lowest BCUT2D eigenvalue weighted by Crippen LogP contribution is -2.10. The van der Waals surface area contributed by atoms with Gasteiger partial charge in [0, 0.05) is 19.1 Å². The van der Waals surface area contributed by atoms with E-state index < -0.39 is 0 Å². The van der Waals surface area contributed by atoms with Gasteiger partial charge < -0.3 is 9.84 Å². The van der Waals surface area contributed by atoms with Crippen LogP contribution in [0.15, 0.2) is 6.20 Å². The number of hydrogen-bond acceptors (Lipinski definition) is 4. The Morgan fingerprint density at radius 1 is 1.77 bits per heavy atom. The number of nitrogens with zero attached hydrogens (tertiary/aromatic N) is 1. The van der Waals surface area contributed by atoms with Crippen molar-refractivity contribution < 1.29 is 9.84 Å². The molecular formula is C8H10ClNO2S. The second kappa shape index (κ2) is 3.92. The molecule has 0 radical (unpaired) electrons. The van der Waals surface area contributed by atoms with Crippen LogP contribution in [-0.2, 0) is 4.74 Å². The van der Waals surface area contributed by atoms with Crippen molar-refractivity contribution in [2.24, 2.45) is 5.92 Å². The molecule has 2 atom stereocenters. The Hall–Kier alpha value is -0.160. The summed E-state index contributed by atoms with van der Waals surface area (Å²) in [6.45, 7) is 0.856. The molecule has 2 rings (SSSR count). The van der Waals surface area contributed by atoms with Crippen molar-refractivity contribution in [3.05, 3.63) is 15.5 Å². The lowest BCUT2D eigenvalue weighted by Gasteiger charge is -2.12. The highest BCUT2D eigenvalue weighted by Crippen LogP contribution is 2.36. The molecule has 1 fully saturated rings. The van der Waals surface area contributed by atoms with E-state index in [0.29, 0.717) is 10.9 Å². The maximum atomic E-state index is 9.07. The van der Waals surface area contributed by atoms with Gasteiger partial charge in [-0.2, -0.15) is 0 Å². The van der Waals surface area contributed by atoms with Gasteiger partial charge in [0.2, 0.25) is 0 Å². The van der Waals surface area contributed by atoms with Gasteiger partial charge >= 0.3 is 0 Å². The third kappa shape index (κ3) is 1.86. The van der Waals surface area contributed by atoms with E-state index in [1.807, 2.05) is 0 Å². The normalized spacial score (nSPS) is 28.2. The minimum Gasteiger partial charge on any atom is -0.396 e. The highest BCUT2D eigenvalue weighted by atomic mass is 35.5. The molecule has 1 aliphatic rings. The molecule has 1 saturated heterocycles. The van der Waals surface area contributed by atoms with E-state index in [1.54, 1.807) is 6.20 Å². The van der Waals surface area contributed by atoms with Gasteiger partial charge in [0.1, 0.15) is 15.4 Å². The van der Waals surface area contributed by atoms with Gasteiger partial charge in [-0.1, -0.05) is 11.6 Å². The molecule has 1 aromatic rings. The third-order valence-electron chi connectivity index (χ3n) is 2.19. The largest absolute Gasteiger partial charge is 0.396 e. The van der Waals surface area contributed by atoms with Crippen LogP contribution in [0.2, 0.25) is 4.34 Å². The third-order valence-corrected chi connectivity index (χ3v) is 3.36. The van der Waals surface area contributed by atoms with Crippen LogP contribution in [0, 0.1) is 5.92 Å². The molecule has 0 amide bonds. The maximum absolute atomic E-state index is 9.07. The van der Waals surface area contributed by atoms with Crippen LogP contribution in [0.5, 0.6) is 0 Å². The summed E-state index contributed by atoms with van der Waals surface area (Å²) in [4.78, 5) is 4.15. The molecule has 1 N–H and O–H groups in total. The zero-order chi connectivity index (χ0) is 9.26. The van der Waals surface area contributed by atoms with Crippen LogP contribution in [-0.4, -0.2) is 23.3 Å². The lowest BCUT2D eigenvalue weighted by atomic mass is 10.0. The quantitative estimate of drug-likeness (QED) is 0.826. The van der Waals surface area contributed by atoms with Crippen molar-refractivity contribution in [2.75, 3.05) is 13.2 Å². The van der Waals surface area contributed by atoms with E-state index in [4.69, 9.17) is 21.4 Å². The SMILES string of the molecule is OCC1CCOC1c1ncc(Cl)s1. The van der Waals surface area contributed by atoms with Gasteiger partial charge in [0.15, 0.2) is 0 Å². The summed E-state index contributed by atoms with van der Waals surface area (Å²) in [5, 5.41) is 9.94. The summed E-state index contributed by atoms with van der Waals surface area (Å²) in [7, 11) is 0. The molecule has 1 aromatic heterocycles. The van der Waals surface area contributed by atoms with Crippen molar-refractivity contribution >= 4 is 22.9 Å². The molecule has 0 aromatic carbocycles. The number of aliphatic hydroxyl groups is 1. The van der Waals surface area contributed by atoms with E-state index in [0.717, 1.165) is 11.4 Å². The van der Waals surface area contributed by atoms with Crippen LogP contribution < -0.4 is 0 Å². The molecular weight excluding hydrogens is 210 g/mol. The summed E-state index contributed by atoms with van der Waals surface area (Å²) in [6, 6.07) is 0. The monoisotopic (exact) mass is 219 g/mol. The molecule has 1 aliphatic heterocycles. The molecule has 0 saturated carbocycles. The molecule has 0 spiro atoms. The van der Waals surface area contributed by atoms with E-state index >= 15 is 0 Å². The number of halogens is 1. The van der Waals surface area contributed by atoms with Crippen LogP contribution in [0.3, 0.4) is 0 Å². The summed E-state index contributed by atoms with van der Waals surface area (Å²) in [5.74, 6) is 0.183. The highest BCUT2D eigenvalue weighted by Gasteiger charge is 2.31. The Morgan fingerprint density at radius 3 is 3.23 bits per heavy atom. The van der Waals surface area contributed by atoms with E-state index in [2.05, 4.69) is 4.98 Å². The first-order valence-corrected chi connectivity index (χ1v) is 5.34. The minimum absolute atomic E-state index is 0.0532. The Labute approximate surface area is 85.3 Å². The van der Waals surface area contributed by atoms with Crippen LogP contribution >= 0.6 is 22.9 Å².